The summed E-state index contributed by atoms with van der Waals surface area (Å²) in [7, 11) is 1.82. The summed E-state index contributed by atoms with van der Waals surface area (Å²) in [6.07, 6.45) is 8.25. The van der Waals surface area contributed by atoms with Gasteiger partial charge in [-0.15, -0.1) is 24.0 Å². The predicted molar refractivity (Wildman–Crippen MR) is 108 cm³/mol. The molecule has 5 nitrogen and oxygen atoms in total. The molecule has 0 aromatic carbocycles. The zero-order chi connectivity index (χ0) is 16.1. The van der Waals surface area contributed by atoms with E-state index in [9.17, 15) is 0 Å². The van der Waals surface area contributed by atoms with Gasteiger partial charge in [-0.1, -0.05) is 26.2 Å². The summed E-state index contributed by atoms with van der Waals surface area (Å²) in [6.45, 7) is 8.34. The molecule has 0 spiro atoms. The summed E-state index contributed by atoms with van der Waals surface area (Å²) in [6, 6.07) is 0. The number of rotatable bonds is 10. The molecule has 1 fully saturated rings. The Hall–Kier alpha value is -0.0800. The minimum Gasteiger partial charge on any atom is -0.382 e. The first kappa shape index (κ1) is 22.9. The van der Waals surface area contributed by atoms with Gasteiger partial charge in [0, 0.05) is 40.0 Å². The molecule has 2 N–H and O–H groups in total. The fraction of sp³-hybridized carbons (Fsp3) is 0.941. The van der Waals surface area contributed by atoms with E-state index in [1.54, 1.807) is 0 Å². The molecule has 6 heteroatoms. The Morgan fingerprint density at radius 3 is 2.43 bits per heavy atom. The van der Waals surface area contributed by atoms with Crippen LogP contribution < -0.4 is 10.6 Å². The maximum Gasteiger partial charge on any atom is 0.191 e. The van der Waals surface area contributed by atoms with E-state index >= 15 is 0 Å². The molecule has 138 valence electrons. The Kier molecular flexibility index (Phi) is 14.2. The van der Waals surface area contributed by atoms with E-state index < -0.39 is 0 Å². The average molecular weight is 441 g/mol. The Labute approximate surface area is 159 Å². The van der Waals surface area contributed by atoms with Crippen LogP contribution in [0.15, 0.2) is 4.99 Å². The lowest BCUT2D eigenvalue weighted by atomic mass is 9.84. The Bertz CT molecular complexity index is 308. The molecular formula is C17H36IN3O2. The van der Waals surface area contributed by atoms with Crippen molar-refractivity contribution in [3.8, 4) is 0 Å². The van der Waals surface area contributed by atoms with E-state index in [1.165, 1.54) is 19.3 Å². The lowest BCUT2D eigenvalue weighted by Crippen LogP contribution is -2.49. The molecule has 0 radical (unpaired) electrons. The second-order valence-electron chi connectivity index (χ2n) is 6.00. The number of guanidine groups is 1. The Balaban J connectivity index is 0.00000484. The molecule has 0 saturated heterocycles. The van der Waals surface area contributed by atoms with Crippen molar-refractivity contribution in [3.05, 3.63) is 0 Å². The fourth-order valence-electron chi connectivity index (χ4n) is 2.88. The van der Waals surface area contributed by atoms with E-state index in [2.05, 4.69) is 22.5 Å². The van der Waals surface area contributed by atoms with Gasteiger partial charge in [-0.25, -0.2) is 0 Å². The molecule has 1 saturated carbocycles. The highest BCUT2D eigenvalue weighted by Crippen LogP contribution is 2.31. The van der Waals surface area contributed by atoms with E-state index in [4.69, 9.17) is 9.47 Å². The first-order chi connectivity index (χ1) is 10.8. The van der Waals surface area contributed by atoms with Crippen LogP contribution in [0.2, 0.25) is 0 Å². The average Bonchev–Trinajstić information content (AvgIpc) is 2.56. The van der Waals surface area contributed by atoms with E-state index in [1.807, 2.05) is 14.0 Å². The molecule has 23 heavy (non-hydrogen) atoms. The first-order valence-electron chi connectivity index (χ1n) is 8.92. The second kappa shape index (κ2) is 14.3. The van der Waals surface area contributed by atoms with Gasteiger partial charge in [0.25, 0.3) is 0 Å². The SMILES string of the molecule is CCCOC1(CNC(=NC)NCCCOCC)CCCCC1.I. The summed E-state index contributed by atoms with van der Waals surface area (Å²) in [5.41, 5.74) is -0.00278. The van der Waals surface area contributed by atoms with Gasteiger partial charge in [0.15, 0.2) is 5.96 Å². The van der Waals surface area contributed by atoms with E-state index in [-0.39, 0.29) is 29.6 Å². The number of halogens is 1. The van der Waals surface area contributed by atoms with Crippen LogP contribution in [0, 0.1) is 0 Å². The first-order valence-corrected chi connectivity index (χ1v) is 8.92. The zero-order valence-corrected chi connectivity index (χ0v) is 17.5. The van der Waals surface area contributed by atoms with Crippen LogP contribution >= 0.6 is 24.0 Å². The predicted octanol–water partition coefficient (Wildman–Crippen LogP) is 3.33. The Morgan fingerprint density at radius 1 is 1.09 bits per heavy atom. The van der Waals surface area contributed by atoms with Crippen molar-refractivity contribution in [2.45, 2.75) is 64.4 Å². The highest BCUT2D eigenvalue weighted by atomic mass is 127. The quantitative estimate of drug-likeness (QED) is 0.236. The van der Waals surface area contributed by atoms with Crippen LogP contribution in [0.1, 0.15) is 58.8 Å². The fourth-order valence-corrected chi connectivity index (χ4v) is 2.88. The maximum atomic E-state index is 6.21. The summed E-state index contributed by atoms with van der Waals surface area (Å²) in [5, 5.41) is 6.80. The van der Waals surface area contributed by atoms with Crippen molar-refractivity contribution < 1.29 is 9.47 Å². The van der Waals surface area contributed by atoms with Gasteiger partial charge in [-0.2, -0.15) is 0 Å². The molecule has 0 bridgehead atoms. The molecule has 1 aliphatic carbocycles. The number of nitrogens with zero attached hydrogens (tertiary/aromatic N) is 1. The lowest BCUT2D eigenvalue weighted by molar-refractivity contribution is -0.0657. The third kappa shape index (κ3) is 9.72. The maximum absolute atomic E-state index is 6.21. The topological polar surface area (TPSA) is 54.9 Å². The highest BCUT2D eigenvalue weighted by molar-refractivity contribution is 14.0. The molecule has 0 heterocycles. The summed E-state index contributed by atoms with van der Waals surface area (Å²) >= 11 is 0. The van der Waals surface area contributed by atoms with Crippen molar-refractivity contribution in [2.24, 2.45) is 4.99 Å². The zero-order valence-electron chi connectivity index (χ0n) is 15.2. The van der Waals surface area contributed by atoms with E-state index in [0.29, 0.717) is 0 Å². The molecule has 0 aromatic heterocycles. The van der Waals surface area contributed by atoms with Gasteiger partial charge in [-0.05, 0) is 32.6 Å². The minimum absolute atomic E-state index is 0. The van der Waals surface area contributed by atoms with Gasteiger partial charge >= 0.3 is 0 Å². The molecule has 0 aromatic rings. The van der Waals surface area contributed by atoms with Gasteiger partial charge in [0.2, 0.25) is 0 Å². The van der Waals surface area contributed by atoms with Crippen LogP contribution in [-0.4, -0.2) is 51.5 Å². The monoisotopic (exact) mass is 441 g/mol. The second-order valence-corrected chi connectivity index (χ2v) is 6.00. The molecule has 0 amide bonds. The summed E-state index contributed by atoms with van der Waals surface area (Å²) < 4.78 is 11.6. The highest BCUT2D eigenvalue weighted by Gasteiger charge is 2.32. The van der Waals surface area contributed by atoms with Crippen molar-refractivity contribution >= 4 is 29.9 Å². The van der Waals surface area contributed by atoms with Crippen LogP contribution in [0.4, 0.5) is 0 Å². The minimum atomic E-state index is -0.00278. The van der Waals surface area contributed by atoms with Crippen molar-refractivity contribution in [3.63, 3.8) is 0 Å². The van der Waals surface area contributed by atoms with E-state index in [0.717, 1.165) is 64.6 Å². The number of hydrogen-bond acceptors (Lipinski definition) is 3. The number of aliphatic imine (C=N–C) groups is 1. The number of nitrogens with one attached hydrogen (secondary N) is 2. The smallest absolute Gasteiger partial charge is 0.191 e. The van der Waals surface area contributed by atoms with Crippen LogP contribution in [0.5, 0.6) is 0 Å². The van der Waals surface area contributed by atoms with Crippen molar-refractivity contribution in [1.82, 2.24) is 10.6 Å². The van der Waals surface area contributed by atoms with Gasteiger partial charge in [0.05, 0.1) is 5.60 Å². The van der Waals surface area contributed by atoms with Crippen LogP contribution in [0.25, 0.3) is 0 Å². The molecule has 0 aliphatic heterocycles. The largest absolute Gasteiger partial charge is 0.382 e. The third-order valence-electron chi connectivity index (χ3n) is 4.14. The third-order valence-corrected chi connectivity index (χ3v) is 4.14. The molecular weight excluding hydrogens is 405 g/mol. The van der Waals surface area contributed by atoms with Crippen LogP contribution in [0.3, 0.4) is 0 Å². The number of ether oxygens (including phenoxy) is 2. The summed E-state index contributed by atoms with van der Waals surface area (Å²) in [5.74, 6) is 0.863. The standard InChI is InChI=1S/C17H35N3O2.HI/c1-4-13-22-17(10-7-6-8-11-17)15-20-16(18-3)19-12-9-14-21-5-2;/h4-15H2,1-3H3,(H2,18,19,20);1H. The van der Waals surface area contributed by atoms with Gasteiger partial charge in [0.1, 0.15) is 0 Å². The molecule has 0 unspecified atom stereocenters. The number of hydrogen-bond donors (Lipinski definition) is 2. The summed E-state index contributed by atoms with van der Waals surface area (Å²) in [4.78, 5) is 4.30. The lowest BCUT2D eigenvalue weighted by Gasteiger charge is -2.37. The van der Waals surface area contributed by atoms with Crippen molar-refractivity contribution in [1.29, 1.82) is 0 Å². The van der Waals surface area contributed by atoms with Gasteiger partial charge in [-0.3, -0.25) is 4.99 Å². The Morgan fingerprint density at radius 2 is 1.83 bits per heavy atom. The molecule has 0 atom stereocenters. The van der Waals surface area contributed by atoms with Crippen LogP contribution in [-0.2, 0) is 9.47 Å². The molecule has 1 rings (SSSR count). The van der Waals surface area contributed by atoms with Gasteiger partial charge < -0.3 is 20.1 Å². The normalized spacial score (nSPS) is 17.4. The molecule has 1 aliphatic rings. The van der Waals surface area contributed by atoms with Crippen molar-refractivity contribution in [2.75, 3.05) is 40.0 Å².